The van der Waals surface area contributed by atoms with Crippen LogP contribution in [0.15, 0.2) is 30.6 Å². The number of halogens is 3. The number of aryl methyl sites for hydroxylation is 1. The largest absolute Gasteiger partial charge is 0.416 e. The number of alkyl halides is 3. The molecule has 2 rings (SSSR count). The zero-order valence-electron chi connectivity index (χ0n) is 9.36. The molecule has 0 aliphatic carbocycles. The summed E-state index contributed by atoms with van der Waals surface area (Å²) >= 11 is 0. The fourth-order valence-electron chi connectivity index (χ4n) is 1.59. The number of hydrogen-bond donors (Lipinski definition) is 0. The minimum atomic E-state index is -4.47. The quantitative estimate of drug-likeness (QED) is 0.781. The summed E-state index contributed by atoms with van der Waals surface area (Å²) in [6, 6.07) is 4.98. The third kappa shape index (κ3) is 2.35. The highest BCUT2D eigenvalue weighted by molar-refractivity contribution is 5.65. The van der Waals surface area contributed by atoms with Gasteiger partial charge in [-0.05, 0) is 23.8 Å². The Morgan fingerprint density at radius 3 is 2.44 bits per heavy atom. The molecule has 1 aromatic carbocycles. The van der Waals surface area contributed by atoms with Crippen molar-refractivity contribution in [3.8, 4) is 17.2 Å². The van der Waals surface area contributed by atoms with Crippen LogP contribution in [-0.2, 0) is 13.2 Å². The molecule has 0 fully saturated rings. The van der Waals surface area contributed by atoms with Crippen molar-refractivity contribution in [2.24, 2.45) is 7.05 Å². The van der Waals surface area contributed by atoms with Crippen LogP contribution in [0.1, 0.15) is 11.1 Å². The van der Waals surface area contributed by atoms with E-state index in [0.717, 1.165) is 12.1 Å². The highest BCUT2D eigenvalue weighted by Crippen LogP contribution is 2.33. The summed E-state index contributed by atoms with van der Waals surface area (Å²) in [5.41, 5.74) is 0.0126. The molecule has 0 saturated carbocycles. The molecule has 6 heteroatoms. The van der Waals surface area contributed by atoms with E-state index in [4.69, 9.17) is 5.26 Å². The zero-order chi connectivity index (χ0) is 13.3. The SMILES string of the molecule is Cn1cc(-c2cc(C#N)cc(C(F)(F)F)c2)cn1. The lowest BCUT2D eigenvalue weighted by atomic mass is 10.0. The van der Waals surface area contributed by atoms with Crippen LogP contribution in [0, 0.1) is 11.3 Å². The van der Waals surface area contributed by atoms with Crippen molar-refractivity contribution in [3.05, 3.63) is 41.7 Å². The van der Waals surface area contributed by atoms with Crippen LogP contribution in [0.25, 0.3) is 11.1 Å². The molecule has 0 unspecified atom stereocenters. The molecule has 0 spiro atoms. The molecule has 0 aliphatic rings. The molecule has 0 N–H and O–H groups in total. The first-order chi connectivity index (χ1) is 8.40. The van der Waals surface area contributed by atoms with Crippen molar-refractivity contribution < 1.29 is 13.2 Å². The van der Waals surface area contributed by atoms with Gasteiger partial charge in [0.15, 0.2) is 0 Å². The molecule has 0 bridgehead atoms. The first-order valence-corrected chi connectivity index (χ1v) is 5.01. The van der Waals surface area contributed by atoms with Gasteiger partial charge in [0, 0.05) is 18.8 Å². The lowest BCUT2D eigenvalue weighted by Crippen LogP contribution is -2.05. The van der Waals surface area contributed by atoms with Gasteiger partial charge in [0.05, 0.1) is 23.4 Å². The van der Waals surface area contributed by atoms with Crippen molar-refractivity contribution in [2.45, 2.75) is 6.18 Å². The normalized spacial score (nSPS) is 11.3. The van der Waals surface area contributed by atoms with Crippen molar-refractivity contribution in [1.29, 1.82) is 5.26 Å². The maximum atomic E-state index is 12.7. The third-order valence-corrected chi connectivity index (χ3v) is 2.43. The standard InChI is InChI=1S/C12H8F3N3/c1-18-7-10(6-17-18)9-2-8(5-16)3-11(4-9)12(13,14)15/h2-4,6-7H,1H3. The summed E-state index contributed by atoms with van der Waals surface area (Å²) in [6.45, 7) is 0. The Labute approximate surface area is 101 Å². The fourth-order valence-corrected chi connectivity index (χ4v) is 1.59. The Kier molecular flexibility index (Phi) is 2.83. The summed E-state index contributed by atoms with van der Waals surface area (Å²) < 4.78 is 39.5. The molecule has 18 heavy (non-hydrogen) atoms. The van der Waals surface area contributed by atoms with Gasteiger partial charge in [0.2, 0.25) is 0 Å². The van der Waals surface area contributed by atoms with Crippen LogP contribution < -0.4 is 0 Å². The molecular formula is C12H8F3N3. The monoisotopic (exact) mass is 251 g/mol. The van der Waals surface area contributed by atoms with E-state index in [-0.39, 0.29) is 5.56 Å². The van der Waals surface area contributed by atoms with Gasteiger partial charge < -0.3 is 0 Å². The minimum absolute atomic E-state index is 0.0244. The number of nitrogens with zero attached hydrogens (tertiary/aromatic N) is 3. The first kappa shape index (κ1) is 12.2. The highest BCUT2D eigenvalue weighted by Gasteiger charge is 2.31. The Balaban J connectivity index is 2.59. The van der Waals surface area contributed by atoms with Crippen molar-refractivity contribution in [2.75, 3.05) is 0 Å². The van der Waals surface area contributed by atoms with Gasteiger partial charge in [-0.3, -0.25) is 4.68 Å². The second kappa shape index (κ2) is 4.18. The Morgan fingerprint density at radius 1 is 1.22 bits per heavy atom. The summed E-state index contributed by atoms with van der Waals surface area (Å²) in [6.07, 6.45) is -1.42. The van der Waals surface area contributed by atoms with Crippen LogP contribution in [0.2, 0.25) is 0 Å². The molecule has 3 nitrogen and oxygen atoms in total. The molecular weight excluding hydrogens is 243 g/mol. The molecule has 1 heterocycles. The maximum absolute atomic E-state index is 12.7. The van der Waals surface area contributed by atoms with Crippen molar-refractivity contribution in [3.63, 3.8) is 0 Å². The second-order valence-corrected chi connectivity index (χ2v) is 3.81. The topological polar surface area (TPSA) is 41.6 Å². The number of hydrogen-bond acceptors (Lipinski definition) is 2. The summed E-state index contributed by atoms with van der Waals surface area (Å²) in [7, 11) is 1.67. The first-order valence-electron chi connectivity index (χ1n) is 5.01. The van der Waals surface area contributed by atoms with E-state index in [1.54, 1.807) is 19.3 Å². The summed E-state index contributed by atoms with van der Waals surface area (Å²) in [5, 5.41) is 12.7. The van der Waals surface area contributed by atoms with E-state index in [0.29, 0.717) is 11.1 Å². The number of benzene rings is 1. The molecule has 1 aromatic heterocycles. The van der Waals surface area contributed by atoms with Crippen molar-refractivity contribution in [1.82, 2.24) is 9.78 Å². The van der Waals surface area contributed by atoms with E-state index in [2.05, 4.69) is 5.10 Å². The number of nitriles is 1. The van der Waals surface area contributed by atoms with Gasteiger partial charge in [0.25, 0.3) is 0 Å². The third-order valence-electron chi connectivity index (χ3n) is 2.43. The van der Waals surface area contributed by atoms with Gasteiger partial charge in [-0.2, -0.15) is 23.5 Å². The Hall–Kier alpha value is -2.29. The van der Waals surface area contributed by atoms with Crippen LogP contribution >= 0.6 is 0 Å². The van der Waals surface area contributed by atoms with Gasteiger partial charge in [-0.15, -0.1) is 0 Å². The molecule has 0 aliphatic heterocycles. The average Bonchev–Trinajstić information content (AvgIpc) is 2.74. The number of rotatable bonds is 1. The summed E-state index contributed by atoms with van der Waals surface area (Å²) in [4.78, 5) is 0. The van der Waals surface area contributed by atoms with Gasteiger partial charge in [-0.25, -0.2) is 0 Å². The van der Waals surface area contributed by atoms with E-state index in [1.807, 2.05) is 0 Å². The van der Waals surface area contributed by atoms with Gasteiger partial charge in [-0.1, -0.05) is 0 Å². The minimum Gasteiger partial charge on any atom is -0.275 e. The predicted molar refractivity (Wildman–Crippen MR) is 58.4 cm³/mol. The average molecular weight is 251 g/mol. The highest BCUT2D eigenvalue weighted by atomic mass is 19.4. The van der Waals surface area contributed by atoms with Crippen molar-refractivity contribution >= 4 is 0 Å². The fraction of sp³-hybridized carbons (Fsp3) is 0.167. The van der Waals surface area contributed by atoms with Crippen LogP contribution in [0.5, 0.6) is 0 Å². The molecule has 2 aromatic rings. The van der Waals surface area contributed by atoms with Crippen LogP contribution in [0.3, 0.4) is 0 Å². The second-order valence-electron chi connectivity index (χ2n) is 3.81. The van der Waals surface area contributed by atoms with E-state index in [9.17, 15) is 13.2 Å². The smallest absolute Gasteiger partial charge is 0.275 e. The van der Waals surface area contributed by atoms with Gasteiger partial charge in [0.1, 0.15) is 0 Å². The van der Waals surface area contributed by atoms with Gasteiger partial charge >= 0.3 is 6.18 Å². The Bertz CT molecular complexity index is 620. The van der Waals surface area contributed by atoms with Crippen LogP contribution in [-0.4, -0.2) is 9.78 Å². The molecule has 0 radical (unpaired) electrons. The van der Waals surface area contributed by atoms with E-state index < -0.39 is 11.7 Å². The van der Waals surface area contributed by atoms with E-state index in [1.165, 1.54) is 16.9 Å². The predicted octanol–water partition coefficient (Wildman–Crippen LogP) is 2.98. The molecule has 0 saturated heterocycles. The van der Waals surface area contributed by atoms with E-state index >= 15 is 0 Å². The Morgan fingerprint density at radius 2 is 1.94 bits per heavy atom. The zero-order valence-corrected chi connectivity index (χ0v) is 9.36. The molecule has 92 valence electrons. The molecule has 0 atom stereocenters. The molecule has 0 amide bonds. The van der Waals surface area contributed by atoms with Crippen LogP contribution in [0.4, 0.5) is 13.2 Å². The maximum Gasteiger partial charge on any atom is 0.416 e. The lowest BCUT2D eigenvalue weighted by Gasteiger charge is -2.08. The lowest BCUT2D eigenvalue weighted by molar-refractivity contribution is -0.137. The number of aromatic nitrogens is 2. The summed E-state index contributed by atoms with van der Waals surface area (Å²) in [5.74, 6) is 0.